The minimum absolute atomic E-state index is 0.218. The Kier molecular flexibility index (Phi) is 8.78. The molecule has 2 aromatic heterocycles. The van der Waals surface area contributed by atoms with Crippen molar-refractivity contribution in [3.05, 3.63) is 71.4 Å². The second kappa shape index (κ2) is 11.9. The molecular formula is C32H40FN3O4. The first kappa shape index (κ1) is 29.5. The standard InChI is InChI=1S/C32H40FN3O4/c1-21-27(29(30(37)38)40-31(2,3)4)28(36-15-13-32(5,6)14-16-36)25(20-34-21)26-11-10-24(19-35-26)39-17-12-22-8-7-9-23(33)18-22/h7-11,18-20,29H,12-17H2,1-6H3,(H,37,38)/t29-/m0/s1. The molecule has 3 heterocycles. The third-order valence-electron chi connectivity index (χ3n) is 7.24. The van der Waals surface area contributed by atoms with E-state index in [4.69, 9.17) is 9.47 Å². The smallest absolute Gasteiger partial charge is 0.337 e. The van der Waals surface area contributed by atoms with Crippen LogP contribution >= 0.6 is 0 Å². The van der Waals surface area contributed by atoms with Crippen LogP contribution in [0.1, 0.15) is 70.4 Å². The predicted molar refractivity (Wildman–Crippen MR) is 154 cm³/mol. The van der Waals surface area contributed by atoms with E-state index in [0.29, 0.717) is 35.7 Å². The van der Waals surface area contributed by atoms with Crippen molar-refractivity contribution in [3.63, 3.8) is 0 Å². The van der Waals surface area contributed by atoms with Gasteiger partial charge in [0.2, 0.25) is 0 Å². The van der Waals surface area contributed by atoms with Crippen LogP contribution in [0.3, 0.4) is 0 Å². The minimum atomic E-state index is -1.18. The molecule has 0 spiro atoms. The van der Waals surface area contributed by atoms with Crippen molar-refractivity contribution in [2.75, 3.05) is 24.6 Å². The maximum atomic E-state index is 13.5. The van der Waals surface area contributed by atoms with E-state index in [1.165, 1.54) is 12.1 Å². The summed E-state index contributed by atoms with van der Waals surface area (Å²) in [6.45, 7) is 13.9. The highest BCUT2D eigenvalue weighted by molar-refractivity contribution is 5.85. The van der Waals surface area contributed by atoms with Gasteiger partial charge >= 0.3 is 5.97 Å². The molecule has 1 aromatic carbocycles. The topological polar surface area (TPSA) is 84.8 Å². The molecule has 0 aliphatic carbocycles. The van der Waals surface area contributed by atoms with Crippen molar-refractivity contribution >= 4 is 11.7 Å². The van der Waals surface area contributed by atoms with Gasteiger partial charge in [-0.1, -0.05) is 26.0 Å². The highest BCUT2D eigenvalue weighted by Crippen LogP contribution is 2.43. The molecule has 214 valence electrons. The molecule has 1 aliphatic heterocycles. The Balaban J connectivity index is 1.67. The van der Waals surface area contributed by atoms with Gasteiger partial charge in [-0.3, -0.25) is 9.97 Å². The van der Waals surface area contributed by atoms with E-state index in [1.807, 2.05) is 45.9 Å². The van der Waals surface area contributed by atoms with Gasteiger partial charge in [0.15, 0.2) is 6.10 Å². The van der Waals surface area contributed by atoms with E-state index in [1.54, 1.807) is 18.5 Å². The van der Waals surface area contributed by atoms with Crippen LogP contribution in [-0.4, -0.2) is 46.3 Å². The number of carboxylic acid groups (broad SMARTS) is 1. The lowest BCUT2D eigenvalue weighted by molar-refractivity contribution is -0.160. The Hall–Kier alpha value is -3.52. The number of aromatic nitrogens is 2. The molecule has 0 radical (unpaired) electrons. The lowest BCUT2D eigenvalue weighted by atomic mass is 9.82. The summed E-state index contributed by atoms with van der Waals surface area (Å²) >= 11 is 0. The summed E-state index contributed by atoms with van der Waals surface area (Å²) in [5, 5.41) is 10.3. The Morgan fingerprint density at radius 3 is 2.45 bits per heavy atom. The number of halogens is 1. The molecule has 0 unspecified atom stereocenters. The van der Waals surface area contributed by atoms with Crippen LogP contribution < -0.4 is 9.64 Å². The Morgan fingerprint density at radius 2 is 1.85 bits per heavy atom. The van der Waals surface area contributed by atoms with Crippen LogP contribution in [-0.2, 0) is 16.0 Å². The lowest BCUT2D eigenvalue weighted by Gasteiger charge is -2.40. The number of nitrogens with zero attached hydrogens (tertiary/aromatic N) is 3. The number of benzene rings is 1. The van der Waals surface area contributed by atoms with Crippen LogP contribution in [0.15, 0.2) is 48.8 Å². The van der Waals surface area contributed by atoms with Crippen molar-refractivity contribution in [3.8, 4) is 17.0 Å². The first-order valence-electron chi connectivity index (χ1n) is 13.8. The summed E-state index contributed by atoms with van der Waals surface area (Å²) in [6, 6.07) is 10.2. The zero-order chi connectivity index (χ0) is 29.1. The molecule has 1 saturated heterocycles. The van der Waals surface area contributed by atoms with Crippen molar-refractivity contribution in [1.29, 1.82) is 0 Å². The van der Waals surface area contributed by atoms with Crippen molar-refractivity contribution in [1.82, 2.24) is 9.97 Å². The van der Waals surface area contributed by atoms with Gasteiger partial charge in [-0.05, 0) is 75.8 Å². The van der Waals surface area contributed by atoms with Crippen LogP contribution in [0.25, 0.3) is 11.3 Å². The zero-order valence-corrected chi connectivity index (χ0v) is 24.3. The average Bonchev–Trinajstić information content (AvgIpc) is 2.87. The first-order valence-corrected chi connectivity index (χ1v) is 13.8. The third-order valence-corrected chi connectivity index (χ3v) is 7.24. The fraction of sp³-hybridized carbons (Fsp3) is 0.469. The van der Waals surface area contributed by atoms with Gasteiger partial charge in [0, 0.05) is 42.5 Å². The van der Waals surface area contributed by atoms with E-state index in [0.717, 1.165) is 42.7 Å². The Bertz CT molecular complexity index is 1320. The van der Waals surface area contributed by atoms with Gasteiger partial charge < -0.3 is 19.5 Å². The molecule has 1 fully saturated rings. The number of aryl methyl sites for hydroxylation is 1. The fourth-order valence-electron chi connectivity index (χ4n) is 4.98. The number of anilines is 1. The average molecular weight is 550 g/mol. The maximum Gasteiger partial charge on any atom is 0.337 e. The summed E-state index contributed by atoms with van der Waals surface area (Å²) in [7, 11) is 0. The second-order valence-corrected chi connectivity index (χ2v) is 12.2. The molecule has 0 bridgehead atoms. The molecule has 3 aromatic rings. The fourth-order valence-corrected chi connectivity index (χ4v) is 4.98. The number of aliphatic carboxylic acids is 1. The summed E-state index contributed by atoms with van der Waals surface area (Å²) in [5.74, 6) is -0.715. The number of piperidine rings is 1. The van der Waals surface area contributed by atoms with Crippen molar-refractivity contribution < 1.29 is 23.8 Å². The normalized spacial score (nSPS) is 16.0. The first-order chi connectivity index (χ1) is 18.8. The largest absolute Gasteiger partial charge is 0.492 e. The van der Waals surface area contributed by atoms with E-state index >= 15 is 0 Å². The van der Waals surface area contributed by atoms with E-state index in [-0.39, 0.29) is 11.2 Å². The summed E-state index contributed by atoms with van der Waals surface area (Å²) in [5.41, 5.74) is 3.84. The van der Waals surface area contributed by atoms with Gasteiger partial charge in [-0.25, -0.2) is 9.18 Å². The SMILES string of the molecule is Cc1ncc(-c2ccc(OCCc3cccc(F)c3)cn2)c(N2CCC(C)(C)CC2)c1[C@H](OC(C)(C)C)C(=O)O. The summed E-state index contributed by atoms with van der Waals surface area (Å²) in [6.07, 6.45) is 4.79. The number of carboxylic acids is 1. The molecule has 1 aliphatic rings. The van der Waals surface area contributed by atoms with Crippen LogP contribution in [0.4, 0.5) is 10.1 Å². The summed E-state index contributed by atoms with van der Waals surface area (Å²) < 4.78 is 25.4. The predicted octanol–water partition coefficient (Wildman–Crippen LogP) is 6.78. The molecule has 8 heteroatoms. The van der Waals surface area contributed by atoms with Crippen LogP contribution in [0.2, 0.25) is 0 Å². The minimum Gasteiger partial charge on any atom is -0.492 e. The molecular weight excluding hydrogens is 509 g/mol. The second-order valence-electron chi connectivity index (χ2n) is 12.2. The Labute approximate surface area is 236 Å². The lowest BCUT2D eigenvalue weighted by Crippen LogP contribution is -2.39. The molecule has 1 atom stereocenters. The number of hydrogen-bond donors (Lipinski definition) is 1. The van der Waals surface area contributed by atoms with Crippen molar-refractivity contribution in [2.45, 2.75) is 72.5 Å². The van der Waals surface area contributed by atoms with Crippen molar-refractivity contribution in [2.24, 2.45) is 5.41 Å². The van der Waals surface area contributed by atoms with E-state index in [2.05, 4.69) is 28.7 Å². The summed E-state index contributed by atoms with van der Waals surface area (Å²) in [4.78, 5) is 24.1. The van der Waals surface area contributed by atoms with Gasteiger partial charge in [0.05, 0.1) is 29.8 Å². The third kappa shape index (κ3) is 7.36. The van der Waals surface area contributed by atoms with Gasteiger partial charge in [-0.15, -0.1) is 0 Å². The number of hydrogen-bond acceptors (Lipinski definition) is 6. The quantitative estimate of drug-likeness (QED) is 0.315. The number of ether oxygens (including phenoxy) is 2. The molecule has 4 rings (SSSR count). The maximum absolute atomic E-state index is 13.5. The number of pyridine rings is 2. The Morgan fingerprint density at radius 1 is 1.12 bits per heavy atom. The van der Waals surface area contributed by atoms with Crippen LogP contribution in [0.5, 0.6) is 5.75 Å². The zero-order valence-electron chi connectivity index (χ0n) is 24.3. The highest BCUT2D eigenvalue weighted by Gasteiger charge is 2.36. The molecule has 0 saturated carbocycles. The van der Waals surface area contributed by atoms with Crippen LogP contribution in [0, 0.1) is 18.2 Å². The number of rotatable bonds is 9. The monoisotopic (exact) mass is 549 g/mol. The van der Waals surface area contributed by atoms with Gasteiger partial charge in [0.25, 0.3) is 0 Å². The van der Waals surface area contributed by atoms with Gasteiger partial charge in [0.1, 0.15) is 11.6 Å². The van der Waals surface area contributed by atoms with Gasteiger partial charge in [-0.2, -0.15) is 0 Å². The number of carbonyl (C=O) groups is 1. The highest BCUT2D eigenvalue weighted by atomic mass is 19.1. The molecule has 7 nitrogen and oxygen atoms in total. The molecule has 1 N–H and O–H groups in total. The molecule has 0 amide bonds. The van der Waals surface area contributed by atoms with E-state index in [9.17, 15) is 14.3 Å². The van der Waals surface area contributed by atoms with E-state index < -0.39 is 17.7 Å². The molecule has 40 heavy (non-hydrogen) atoms.